The van der Waals surface area contributed by atoms with E-state index in [2.05, 4.69) is 17.2 Å². The van der Waals surface area contributed by atoms with E-state index in [0.29, 0.717) is 31.0 Å². The zero-order valence-electron chi connectivity index (χ0n) is 14.5. The Morgan fingerprint density at radius 2 is 2.16 bits per heavy atom. The van der Waals surface area contributed by atoms with E-state index < -0.39 is 0 Å². The van der Waals surface area contributed by atoms with Gasteiger partial charge in [-0.1, -0.05) is 18.6 Å². The first kappa shape index (κ1) is 17.3. The molecule has 134 valence electrons. The lowest BCUT2D eigenvalue weighted by molar-refractivity contribution is 0.0686. The maximum Gasteiger partial charge on any atom is 0.257 e. The summed E-state index contributed by atoms with van der Waals surface area (Å²) in [4.78, 5) is 14.5. The Balaban J connectivity index is 1.59. The maximum atomic E-state index is 12.7. The third-order valence-electron chi connectivity index (χ3n) is 4.53. The van der Waals surface area contributed by atoms with Crippen molar-refractivity contribution in [3.63, 3.8) is 0 Å². The number of amides is 1. The van der Waals surface area contributed by atoms with E-state index >= 15 is 0 Å². The average Bonchev–Trinajstić information content (AvgIpc) is 3.16. The van der Waals surface area contributed by atoms with Crippen molar-refractivity contribution in [2.45, 2.75) is 38.6 Å². The molecule has 2 aromatic rings. The number of phenolic OH excluding ortho intramolecular Hbond substituents is 1. The second-order valence-electron chi connectivity index (χ2n) is 6.29. The van der Waals surface area contributed by atoms with Gasteiger partial charge in [0.1, 0.15) is 11.5 Å². The third-order valence-corrected chi connectivity index (χ3v) is 4.53. The molecule has 1 amide bonds. The molecule has 1 N–H and O–H groups in total. The summed E-state index contributed by atoms with van der Waals surface area (Å²) in [6.45, 7) is 3.97. The van der Waals surface area contributed by atoms with Crippen molar-refractivity contribution in [3.05, 3.63) is 36.2 Å². The van der Waals surface area contributed by atoms with Crippen LogP contribution in [-0.2, 0) is 0 Å². The van der Waals surface area contributed by atoms with Gasteiger partial charge in [-0.3, -0.25) is 4.79 Å². The van der Waals surface area contributed by atoms with Gasteiger partial charge < -0.3 is 14.7 Å². The van der Waals surface area contributed by atoms with Crippen molar-refractivity contribution in [1.82, 2.24) is 19.9 Å². The number of aromatic nitrogens is 3. The second kappa shape index (κ2) is 8.00. The molecule has 3 rings (SSSR count). The molecule has 0 unspecified atom stereocenters. The minimum atomic E-state index is -0.144. The summed E-state index contributed by atoms with van der Waals surface area (Å²) in [5.74, 6) is 0.416. The van der Waals surface area contributed by atoms with Crippen molar-refractivity contribution in [1.29, 1.82) is 0 Å². The van der Waals surface area contributed by atoms with Gasteiger partial charge in [-0.2, -0.15) is 0 Å². The van der Waals surface area contributed by atoms with Gasteiger partial charge in [0.25, 0.3) is 5.91 Å². The van der Waals surface area contributed by atoms with E-state index in [1.165, 1.54) is 6.07 Å². The van der Waals surface area contributed by atoms with Crippen LogP contribution in [0.25, 0.3) is 0 Å². The number of piperidine rings is 1. The van der Waals surface area contributed by atoms with E-state index in [-0.39, 0.29) is 17.7 Å². The molecule has 2 heterocycles. The average molecular weight is 344 g/mol. The molecule has 0 saturated carbocycles. The van der Waals surface area contributed by atoms with Crippen LogP contribution in [0.4, 0.5) is 0 Å². The number of unbranched alkanes of at least 4 members (excludes halogenated alkanes) is 1. The number of ether oxygens (including phenoxy) is 1. The quantitative estimate of drug-likeness (QED) is 0.815. The lowest BCUT2D eigenvalue weighted by Gasteiger charge is -2.32. The molecule has 0 spiro atoms. The standard InChI is InChI=1S/C18H24N4O3/c1-2-3-12-25-15-4-5-16(17(23)13-15)18(24)21-9-6-14(7-10-21)22-11-8-19-20-22/h4-5,8,11,13-14,23H,2-3,6-7,9-10,12H2,1H3. The number of aromatic hydroxyl groups is 1. The SMILES string of the molecule is CCCCOc1ccc(C(=O)N2CCC(n3ccnn3)CC2)c(O)c1. The van der Waals surface area contributed by atoms with Crippen LogP contribution < -0.4 is 4.74 Å². The van der Waals surface area contributed by atoms with Crippen molar-refractivity contribution in [3.8, 4) is 11.5 Å². The first-order chi connectivity index (χ1) is 12.2. The predicted octanol–water partition coefficient (Wildman–Crippen LogP) is 2.64. The van der Waals surface area contributed by atoms with E-state index in [0.717, 1.165) is 25.7 Å². The first-order valence-corrected chi connectivity index (χ1v) is 8.80. The summed E-state index contributed by atoms with van der Waals surface area (Å²) in [6, 6.07) is 5.17. The van der Waals surface area contributed by atoms with Gasteiger partial charge in [0.15, 0.2) is 0 Å². The molecule has 7 heteroatoms. The molecule has 0 aliphatic carbocycles. The summed E-state index contributed by atoms with van der Waals surface area (Å²) in [5, 5.41) is 18.1. The summed E-state index contributed by atoms with van der Waals surface area (Å²) >= 11 is 0. The van der Waals surface area contributed by atoms with Crippen LogP contribution in [0.1, 0.15) is 49.0 Å². The second-order valence-corrected chi connectivity index (χ2v) is 6.29. The van der Waals surface area contributed by atoms with Crippen LogP contribution >= 0.6 is 0 Å². The van der Waals surface area contributed by atoms with Gasteiger partial charge in [-0.15, -0.1) is 5.10 Å². The largest absolute Gasteiger partial charge is 0.507 e. The molecular formula is C18H24N4O3. The summed E-state index contributed by atoms with van der Waals surface area (Å²) < 4.78 is 7.41. The molecule has 1 aromatic carbocycles. The number of rotatable bonds is 6. The minimum Gasteiger partial charge on any atom is -0.507 e. The molecule has 1 aliphatic heterocycles. The van der Waals surface area contributed by atoms with Gasteiger partial charge >= 0.3 is 0 Å². The molecule has 1 saturated heterocycles. The highest BCUT2D eigenvalue weighted by Gasteiger charge is 2.26. The number of nitrogens with zero attached hydrogens (tertiary/aromatic N) is 4. The monoisotopic (exact) mass is 344 g/mol. The lowest BCUT2D eigenvalue weighted by atomic mass is 10.0. The smallest absolute Gasteiger partial charge is 0.257 e. The third kappa shape index (κ3) is 4.10. The Morgan fingerprint density at radius 3 is 2.80 bits per heavy atom. The van der Waals surface area contributed by atoms with Gasteiger partial charge in [0, 0.05) is 25.4 Å². The van der Waals surface area contributed by atoms with E-state index in [4.69, 9.17) is 4.74 Å². The fourth-order valence-corrected chi connectivity index (χ4v) is 3.03. The molecule has 1 fully saturated rings. The number of phenols is 1. The van der Waals surface area contributed by atoms with Gasteiger partial charge in [0.2, 0.25) is 0 Å². The van der Waals surface area contributed by atoms with Crippen LogP contribution in [0.3, 0.4) is 0 Å². The predicted molar refractivity (Wildman–Crippen MR) is 92.7 cm³/mol. The molecule has 0 radical (unpaired) electrons. The Kier molecular flexibility index (Phi) is 5.53. The van der Waals surface area contributed by atoms with Crippen LogP contribution in [0.2, 0.25) is 0 Å². The Morgan fingerprint density at radius 1 is 1.36 bits per heavy atom. The first-order valence-electron chi connectivity index (χ1n) is 8.80. The van der Waals surface area contributed by atoms with Gasteiger partial charge in [-0.05, 0) is 31.4 Å². The maximum absolute atomic E-state index is 12.7. The normalized spacial score (nSPS) is 15.3. The highest BCUT2D eigenvalue weighted by Crippen LogP contribution is 2.28. The van der Waals surface area contributed by atoms with Gasteiger partial charge in [0.05, 0.1) is 24.4 Å². The summed E-state index contributed by atoms with van der Waals surface area (Å²) in [5.41, 5.74) is 0.321. The zero-order valence-corrected chi connectivity index (χ0v) is 14.5. The fourth-order valence-electron chi connectivity index (χ4n) is 3.03. The van der Waals surface area contributed by atoms with E-state index in [9.17, 15) is 9.90 Å². The molecule has 0 bridgehead atoms. The molecular weight excluding hydrogens is 320 g/mol. The van der Waals surface area contributed by atoms with Crippen LogP contribution in [0, 0.1) is 0 Å². The van der Waals surface area contributed by atoms with E-state index in [1.54, 1.807) is 23.2 Å². The number of likely N-dealkylation sites (tertiary alicyclic amines) is 1. The Hall–Kier alpha value is -2.57. The number of carbonyl (C=O) groups is 1. The van der Waals surface area contributed by atoms with Crippen molar-refractivity contribution >= 4 is 5.91 Å². The topological polar surface area (TPSA) is 80.5 Å². The van der Waals surface area contributed by atoms with Crippen molar-refractivity contribution < 1.29 is 14.6 Å². The Bertz CT molecular complexity index is 694. The van der Waals surface area contributed by atoms with Gasteiger partial charge in [-0.25, -0.2) is 4.68 Å². The van der Waals surface area contributed by atoms with Crippen molar-refractivity contribution in [2.75, 3.05) is 19.7 Å². The number of hydrogen-bond acceptors (Lipinski definition) is 5. The molecule has 25 heavy (non-hydrogen) atoms. The highest BCUT2D eigenvalue weighted by atomic mass is 16.5. The molecule has 1 aliphatic rings. The zero-order chi connectivity index (χ0) is 17.6. The number of hydrogen-bond donors (Lipinski definition) is 1. The Labute approximate surface area is 147 Å². The fraction of sp³-hybridized carbons (Fsp3) is 0.500. The molecule has 7 nitrogen and oxygen atoms in total. The molecule has 0 atom stereocenters. The van der Waals surface area contributed by atoms with Crippen LogP contribution in [0.5, 0.6) is 11.5 Å². The summed E-state index contributed by atoms with van der Waals surface area (Å²) in [6.07, 6.45) is 7.18. The minimum absolute atomic E-state index is 0.0302. The van der Waals surface area contributed by atoms with E-state index in [1.807, 2.05) is 10.9 Å². The summed E-state index contributed by atoms with van der Waals surface area (Å²) in [7, 11) is 0. The van der Waals surface area contributed by atoms with Crippen LogP contribution in [-0.4, -0.2) is 50.6 Å². The van der Waals surface area contributed by atoms with Crippen molar-refractivity contribution in [2.24, 2.45) is 0 Å². The number of benzene rings is 1. The molecule has 1 aromatic heterocycles. The number of carbonyl (C=O) groups excluding carboxylic acids is 1. The highest BCUT2D eigenvalue weighted by molar-refractivity contribution is 5.97. The van der Waals surface area contributed by atoms with Crippen LogP contribution in [0.15, 0.2) is 30.6 Å². The lowest BCUT2D eigenvalue weighted by Crippen LogP contribution is -2.39.